The van der Waals surface area contributed by atoms with Gasteiger partial charge in [0.25, 0.3) is 0 Å². The maximum Gasteiger partial charge on any atom is 0.239 e. The lowest BCUT2D eigenvalue weighted by Crippen LogP contribution is -2.47. The van der Waals surface area contributed by atoms with Gasteiger partial charge in [-0.2, -0.15) is 0 Å². The molecule has 5 heteroatoms. The first-order valence-electron chi connectivity index (χ1n) is 5.46. The van der Waals surface area contributed by atoms with Crippen LogP contribution in [-0.4, -0.2) is 40.2 Å². The lowest BCUT2D eigenvalue weighted by Gasteiger charge is -2.27. The van der Waals surface area contributed by atoms with Gasteiger partial charge in [-0.05, 0) is 34.6 Å². The third-order valence-electron chi connectivity index (χ3n) is 1.96. The molecule has 16 heavy (non-hydrogen) atoms. The average Bonchev–Trinajstić information content (AvgIpc) is 2.10. The van der Waals surface area contributed by atoms with Crippen molar-refractivity contribution in [1.82, 2.24) is 10.2 Å². The fourth-order valence-corrected chi connectivity index (χ4v) is 1.49. The Kier molecular flexibility index (Phi) is 6.00. The average molecular weight is 293 g/mol. The van der Waals surface area contributed by atoms with Crippen molar-refractivity contribution in [1.29, 1.82) is 0 Å². The van der Waals surface area contributed by atoms with Crippen molar-refractivity contribution in [3.8, 4) is 0 Å². The van der Waals surface area contributed by atoms with Crippen molar-refractivity contribution in [2.75, 3.05) is 13.1 Å². The lowest BCUT2D eigenvalue weighted by molar-refractivity contribution is -0.137. The third-order valence-corrected chi connectivity index (χ3v) is 2.30. The number of carbonyl (C=O) groups excluding carboxylic acids is 2. The van der Waals surface area contributed by atoms with Gasteiger partial charge in [-0.1, -0.05) is 15.9 Å². The summed E-state index contributed by atoms with van der Waals surface area (Å²) in [5.74, 6) is -0.198. The molecule has 0 radical (unpaired) electrons. The molecule has 0 saturated heterocycles. The Bertz CT molecular complexity index is 259. The fraction of sp³-hybridized carbons (Fsp3) is 0.818. The first-order chi connectivity index (χ1) is 7.18. The summed E-state index contributed by atoms with van der Waals surface area (Å²) in [5, 5.41) is 2.77. The van der Waals surface area contributed by atoms with Gasteiger partial charge in [-0.25, -0.2) is 0 Å². The zero-order valence-electron chi connectivity index (χ0n) is 10.6. The van der Waals surface area contributed by atoms with Crippen molar-refractivity contribution >= 4 is 27.7 Å². The number of nitrogens with zero attached hydrogens (tertiary/aromatic N) is 1. The number of likely N-dealkylation sites (N-methyl/N-ethyl adjacent to an activating group) is 1. The second-order valence-corrected chi connectivity index (χ2v) is 6.50. The minimum atomic E-state index is -0.624. The van der Waals surface area contributed by atoms with Crippen LogP contribution in [0.25, 0.3) is 0 Å². The van der Waals surface area contributed by atoms with Gasteiger partial charge in [0.1, 0.15) is 0 Å². The highest BCUT2D eigenvalue weighted by Crippen LogP contribution is 2.18. The Morgan fingerprint density at radius 3 is 2.19 bits per heavy atom. The van der Waals surface area contributed by atoms with E-state index in [2.05, 4.69) is 21.2 Å². The largest absolute Gasteiger partial charge is 0.352 e. The second kappa shape index (κ2) is 6.23. The second-order valence-electron chi connectivity index (χ2n) is 4.51. The SMILES string of the molecule is CCN(CC(=O)NC(C)C)C(=O)C(C)(C)Br. The molecule has 0 aliphatic rings. The van der Waals surface area contributed by atoms with Crippen molar-refractivity contribution in [3.05, 3.63) is 0 Å². The van der Waals surface area contributed by atoms with E-state index in [-0.39, 0.29) is 24.4 Å². The maximum atomic E-state index is 11.9. The number of nitrogens with one attached hydrogen (secondary N) is 1. The molecule has 0 aromatic carbocycles. The van der Waals surface area contributed by atoms with Crippen LogP contribution in [0.15, 0.2) is 0 Å². The number of carbonyl (C=O) groups is 2. The number of alkyl halides is 1. The molecule has 0 unspecified atom stereocenters. The van der Waals surface area contributed by atoms with Crippen molar-refractivity contribution in [2.45, 2.75) is 45.0 Å². The molecular weight excluding hydrogens is 272 g/mol. The molecule has 0 heterocycles. The molecule has 0 atom stereocenters. The molecule has 0 aliphatic carbocycles. The number of hydrogen-bond acceptors (Lipinski definition) is 2. The minimum absolute atomic E-state index is 0.0751. The molecule has 0 spiro atoms. The summed E-state index contributed by atoms with van der Waals surface area (Å²) >= 11 is 3.30. The molecule has 0 rings (SSSR count). The Morgan fingerprint density at radius 2 is 1.88 bits per heavy atom. The van der Waals surface area contributed by atoms with E-state index < -0.39 is 4.32 Å². The van der Waals surface area contributed by atoms with Crippen molar-refractivity contribution in [2.24, 2.45) is 0 Å². The Hall–Kier alpha value is -0.580. The van der Waals surface area contributed by atoms with E-state index in [4.69, 9.17) is 0 Å². The quantitative estimate of drug-likeness (QED) is 0.782. The summed E-state index contributed by atoms with van der Waals surface area (Å²) < 4.78 is -0.624. The summed E-state index contributed by atoms with van der Waals surface area (Å²) in [7, 11) is 0. The minimum Gasteiger partial charge on any atom is -0.352 e. The van der Waals surface area contributed by atoms with Gasteiger partial charge in [0.05, 0.1) is 10.9 Å². The smallest absolute Gasteiger partial charge is 0.239 e. The van der Waals surface area contributed by atoms with E-state index in [1.165, 1.54) is 4.90 Å². The van der Waals surface area contributed by atoms with Crippen molar-refractivity contribution in [3.63, 3.8) is 0 Å². The molecule has 0 bridgehead atoms. The van der Waals surface area contributed by atoms with Crippen LogP contribution in [0.5, 0.6) is 0 Å². The van der Waals surface area contributed by atoms with Crippen LogP contribution in [0.4, 0.5) is 0 Å². The van der Waals surface area contributed by atoms with Gasteiger partial charge in [0, 0.05) is 12.6 Å². The van der Waals surface area contributed by atoms with Gasteiger partial charge < -0.3 is 10.2 Å². The Morgan fingerprint density at radius 1 is 1.38 bits per heavy atom. The van der Waals surface area contributed by atoms with Crippen molar-refractivity contribution < 1.29 is 9.59 Å². The van der Waals surface area contributed by atoms with Crippen LogP contribution in [-0.2, 0) is 9.59 Å². The number of halogens is 1. The van der Waals surface area contributed by atoms with Crippen LogP contribution < -0.4 is 5.32 Å². The maximum absolute atomic E-state index is 11.9. The molecule has 94 valence electrons. The van der Waals surface area contributed by atoms with Gasteiger partial charge in [-0.3, -0.25) is 9.59 Å². The van der Waals surface area contributed by atoms with Crippen LogP contribution in [0, 0.1) is 0 Å². The Balaban J connectivity index is 4.42. The van der Waals surface area contributed by atoms with E-state index in [0.717, 1.165) is 0 Å². The molecule has 1 N–H and O–H groups in total. The number of rotatable bonds is 5. The summed E-state index contributed by atoms with van der Waals surface area (Å²) in [5.41, 5.74) is 0. The first-order valence-corrected chi connectivity index (χ1v) is 6.25. The predicted molar refractivity (Wildman–Crippen MR) is 68.5 cm³/mol. The monoisotopic (exact) mass is 292 g/mol. The van der Waals surface area contributed by atoms with Crippen LogP contribution in [0.3, 0.4) is 0 Å². The fourth-order valence-electron chi connectivity index (χ4n) is 1.24. The zero-order chi connectivity index (χ0) is 12.9. The van der Waals surface area contributed by atoms with Crippen LogP contribution in [0.2, 0.25) is 0 Å². The summed E-state index contributed by atoms with van der Waals surface area (Å²) in [6, 6.07) is 0.0956. The van der Waals surface area contributed by atoms with Crippen LogP contribution >= 0.6 is 15.9 Å². The van der Waals surface area contributed by atoms with E-state index in [0.29, 0.717) is 6.54 Å². The molecule has 4 nitrogen and oxygen atoms in total. The molecular formula is C11H21BrN2O2. The molecule has 0 saturated carbocycles. The highest BCUT2D eigenvalue weighted by molar-refractivity contribution is 9.10. The standard InChI is InChI=1S/C11H21BrN2O2/c1-6-14(10(16)11(4,5)12)7-9(15)13-8(2)3/h8H,6-7H2,1-5H3,(H,13,15). The summed E-state index contributed by atoms with van der Waals surface area (Å²) in [6.45, 7) is 9.84. The van der Waals surface area contributed by atoms with Gasteiger partial charge in [-0.15, -0.1) is 0 Å². The Labute approximate surface area is 106 Å². The lowest BCUT2D eigenvalue weighted by atomic mass is 10.2. The van der Waals surface area contributed by atoms with Gasteiger partial charge >= 0.3 is 0 Å². The molecule has 0 fully saturated rings. The third kappa shape index (κ3) is 5.49. The molecule has 0 aliphatic heterocycles. The molecule has 0 aromatic rings. The summed E-state index contributed by atoms with van der Waals surface area (Å²) in [6.07, 6.45) is 0. The zero-order valence-corrected chi connectivity index (χ0v) is 12.2. The van der Waals surface area contributed by atoms with E-state index >= 15 is 0 Å². The topological polar surface area (TPSA) is 49.4 Å². The highest BCUT2D eigenvalue weighted by Gasteiger charge is 2.29. The van der Waals surface area contributed by atoms with E-state index in [9.17, 15) is 9.59 Å². The number of hydrogen-bond donors (Lipinski definition) is 1. The molecule has 0 aromatic heterocycles. The summed E-state index contributed by atoms with van der Waals surface area (Å²) in [4.78, 5) is 25.0. The predicted octanol–water partition coefficient (Wildman–Crippen LogP) is 1.53. The highest BCUT2D eigenvalue weighted by atomic mass is 79.9. The first kappa shape index (κ1) is 15.4. The van der Waals surface area contributed by atoms with Gasteiger partial charge in [0.2, 0.25) is 11.8 Å². The van der Waals surface area contributed by atoms with Gasteiger partial charge in [0.15, 0.2) is 0 Å². The number of amides is 2. The normalized spacial score (nSPS) is 11.4. The van der Waals surface area contributed by atoms with E-state index in [1.54, 1.807) is 13.8 Å². The van der Waals surface area contributed by atoms with E-state index in [1.807, 2.05) is 20.8 Å². The molecule has 2 amide bonds. The van der Waals surface area contributed by atoms with Crippen LogP contribution in [0.1, 0.15) is 34.6 Å².